The Kier molecular flexibility index (Phi) is 3.21. The molecule has 1 aromatic carbocycles. The van der Waals surface area contributed by atoms with E-state index in [0.717, 1.165) is 5.56 Å². The van der Waals surface area contributed by atoms with E-state index in [1.165, 1.54) is 0 Å². The van der Waals surface area contributed by atoms with E-state index in [-0.39, 0.29) is 17.4 Å². The molecule has 1 aliphatic heterocycles. The van der Waals surface area contributed by atoms with Crippen molar-refractivity contribution >= 4 is 5.97 Å². The van der Waals surface area contributed by atoms with Gasteiger partial charge in [-0.05, 0) is 30.5 Å². The summed E-state index contributed by atoms with van der Waals surface area (Å²) in [6.07, 6.45) is 0.504. The normalized spacial score (nSPS) is 22.7. The summed E-state index contributed by atoms with van der Waals surface area (Å²) in [5.41, 5.74) is 1.71. The molecular formula is C13H14N2O3. The minimum atomic E-state index is -0.805. The third kappa shape index (κ3) is 2.15. The van der Waals surface area contributed by atoms with Gasteiger partial charge in [0.1, 0.15) is 11.8 Å². The van der Waals surface area contributed by atoms with E-state index in [1.54, 1.807) is 19.1 Å². The van der Waals surface area contributed by atoms with Gasteiger partial charge in [0.25, 0.3) is 0 Å². The van der Waals surface area contributed by atoms with Crippen molar-refractivity contribution in [1.29, 1.82) is 5.26 Å². The molecule has 0 saturated carbocycles. The van der Waals surface area contributed by atoms with Gasteiger partial charge in [0.2, 0.25) is 0 Å². The number of benzene rings is 1. The monoisotopic (exact) mass is 246 g/mol. The molecule has 5 heteroatoms. The van der Waals surface area contributed by atoms with Crippen LogP contribution in [-0.4, -0.2) is 22.7 Å². The molecule has 3 N–H and O–H groups in total. The summed E-state index contributed by atoms with van der Waals surface area (Å²) in [6, 6.07) is 5.27. The fourth-order valence-corrected chi connectivity index (χ4v) is 2.27. The van der Waals surface area contributed by atoms with Gasteiger partial charge in [0.15, 0.2) is 0 Å². The number of phenolic OH excluding ortho intramolecular Hbond substituents is 1. The number of nitrogens with zero attached hydrogens (tertiary/aromatic N) is 1. The number of nitrogens with one attached hydrogen (secondary N) is 1. The lowest BCUT2D eigenvalue weighted by atomic mass is 9.96. The summed E-state index contributed by atoms with van der Waals surface area (Å²) in [6.45, 7) is 2.16. The van der Waals surface area contributed by atoms with Crippen LogP contribution in [0, 0.1) is 24.2 Å². The quantitative estimate of drug-likeness (QED) is 0.731. The number of carbonyl (C=O) groups is 1. The van der Waals surface area contributed by atoms with Crippen LogP contribution in [0.15, 0.2) is 12.1 Å². The highest BCUT2D eigenvalue weighted by Crippen LogP contribution is 2.32. The van der Waals surface area contributed by atoms with Gasteiger partial charge in [0.05, 0.1) is 11.5 Å². The van der Waals surface area contributed by atoms with E-state index in [0.29, 0.717) is 18.5 Å². The van der Waals surface area contributed by atoms with E-state index in [1.807, 2.05) is 6.07 Å². The van der Waals surface area contributed by atoms with Gasteiger partial charge in [-0.3, -0.25) is 4.79 Å². The molecule has 2 atom stereocenters. The third-order valence-electron chi connectivity index (χ3n) is 3.33. The first kappa shape index (κ1) is 12.4. The standard InChI is InChI=1S/C13H14N2O3/c1-7-2-8(3-9(5-14)12(7)16)11-4-10(6-15-11)13(17)18/h2-3,10-11,15-16H,4,6H2,1H3,(H,17,18). The Balaban J connectivity index is 2.28. The zero-order chi connectivity index (χ0) is 13.3. The zero-order valence-electron chi connectivity index (χ0n) is 9.97. The largest absolute Gasteiger partial charge is 0.506 e. The van der Waals surface area contributed by atoms with Crippen molar-refractivity contribution in [3.05, 3.63) is 28.8 Å². The fourth-order valence-electron chi connectivity index (χ4n) is 2.27. The van der Waals surface area contributed by atoms with E-state index < -0.39 is 11.9 Å². The number of rotatable bonds is 2. The second kappa shape index (κ2) is 4.67. The van der Waals surface area contributed by atoms with Crippen LogP contribution in [0.2, 0.25) is 0 Å². The van der Waals surface area contributed by atoms with Crippen molar-refractivity contribution in [3.63, 3.8) is 0 Å². The first-order valence-electron chi connectivity index (χ1n) is 5.72. The first-order chi connectivity index (χ1) is 8.52. The first-order valence-corrected chi connectivity index (χ1v) is 5.72. The van der Waals surface area contributed by atoms with Gasteiger partial charge in [-0.25, -0.2) is 0 Å². The average Bonchev–Trinajstić information content (AvgIpc) is 2.82. The van der Waals surface area contributed by atoms with Crippen LogP contribution >= 0.6 is 0 Å². The minimum Gasteiger partial charge on any atom is -0.506 e. The lowest BCUT2D eigenvalue weighted by Crippen LogP contribution is -2.17. The summed E-state index contributed by atoms with van der Waals surface area (Å²) in [5.74, 6) is -1.20. The molecule has 0 radical (unpaired) electrons. The van der Waals surface area contributed by atoms with Crippen LogP contribution in [0.25, 0.3) is 0 Å². The highest BCUT2D eigenvalue weighted by Gasteiger charge is 2.30. The molecule has 18 heavy (non-hydrogen) atoms. The number of hydrogen-bond donors (Lipinski definition) is 3. The average molecular weight is 246 g/mol. The summed E-state index contributed by atoms with van der Waals surface area (Å²) in [5, 5.41) is 30.7. The highest BCUT2D eigenvalue weighted by atomic mass is 16.4. The zero-order valence-corrected chi connectivity index (χ0v) is 9.97. The molecular weight excluding hydrogens is 232 g/mol. The van der Waals surface area contributed by atoms with Crippen LogP contribution in [-0.2, 0) is 4.79 Å². The Morgan fingerprint density at radius 2 is 2.28 bits per heavy atom. The summed E-state index contributed by atoms with van der Waals surface area (Å²) < 4.78 is 0. The molecule has 0 aromatic heterocycles. The molecule has 0 spiro atoms. The molecule has 2 unspecified atom stereocenters. The molecule has 0 amide bonds. The Morgan fingerprint density at radius 1 is 1.56 bits per heavy atom. The number of phenols is 1. The van der Waals surface area contributed by atoms with Gasteiger partial charge in [-0.2, -0.15) is 5.26 Å². The van der Waals surface area contributed by atoms with Crippen LogP contribution in [0.1, 0.15) is 29.2 Å². The molecule has 1 aliphatic rings. The minimum absolute atomic E-state index is 0.00553. The number of aromatic hydroxyl groups is 1. The Bertz CT molecular complexity index is 534. The van der Waals surface area contributed by atoms with E-state index in [2.05, 4.69) is 5.32 Å². The number of aryl methyl sites for hydroxylation is 1. The third-order valence-corrected chi connectivity index (χ3v) is 3.33. The summed E-state index contributed by atoms with van der Waals surface area (Å²) >= 11 is 0. The van der Waals surface area contributed by atoms with Crippen LogP contribution < -0.4 is 5.32 Å². The van der Waals surface area contributed by atoms with E-state index >= 15 is 0 Å². The predicted octanol–water partition coefficient (Wildman–Crippen LogP) is 1.31. The molecule has 2 rings (SSSR count). The van der Waals surface area contributed by atoms with E-state index in [4.69, 9.17) is 10.4 Å². The van der Waals surface area contributed by atoms with E-state index in [9.17, 15) is 9.90 Å². The second-order valence-electron chi connectivity index (χ2n) is 4.58. The molecule has 94 valence electrons. The van der Waals surface area contributed by atoms with Gasteiger partial charge in [0, 0.05) is 12.6 Å². The predicted molar refractivity (Wildman–Crippen MR) is 64.0 cm³/mol. The number of carboxylic acids is 1. The number of carboxylic acid groups (broad SMARTS) is 1. The number of aliphatic carboxylic acids is 1. The second-order valence-corrected chi connectivity index (χ2v) is 4.58. The molecule has 1 fully saturated rings. The SMILES string of the molecule is Cc1cc(C2CC(C(=O)O)CN2)cc(C#N)c1O. The fraction of sp³-hybridized carbons (Fsp3) is 0.385. The van der Waals surface area contributed by atoms with Crippen molar-refractivity contribution in [2.75, 3.05) is 6.54 Å². The van der Waals surface area contributed by atoms with Crippen LogP contribution in [0.5, 0.6) is 5.75 Å². The van der Waals surface area contributed by atoms with Crippen LogP contribution in [0.3, 0.4) is 0 Å². The van der Waals surface area contributed by atoms with Crippen molar-refractivity contribution in [2.45, 2.75) is 19.4 Å². The topological polar surface area (TPSA) is 93.4 Å². The Labute approximate surface area is 105 Å². The lowest BCUT2D eigenvalue weighted by Gasteiger charge is -2.13. The van der Waals surface area contributed by atoms with Crippen molar-refractivity contribution in [3.8, 4) is 11.8 Å². The molecule has 0 bridgehead atoms. The van der Waals surface area contributed by atoms with Crippen molar-refractivity contribution in [2.24, 2.45) is 5.92 Å². The van der Waals surface area contributed by atoms with Crippen LogP contribution in [0.4, 0.5) is 0 Å². The van der Waals surface area contributed by atoms with Gasteiger partial charge < -0.3 is 15.5 Å². The maximum atomic E-state index is 10.9. The summed E-state index contributed by atoms with van der Waals surface area (Å²) in [4.78, 5) is 10.9. The lowest BCUT2D eigenvalue weighted by molar-refractivity contribution is -0.141. The summed E-state index contributed by atoms with van der Waals surface area (Å²) in [7, 11) is 0. The number of nitriles is 1. The highest BCUT2D eigenvalue weighted by molar-refractivity contribution is 5.70. The maximum absolute atomic E-state index is 10.9. The van der Waals surface area contributed by atoms with Gasteiger partial charge in [-0.1, -0.05) is 6.07 Å². The Hall–Kier alpha value is -2.06. The maximum Gasteiger partial charge on any atom is 0.307 e. The molecule has 1 heterocycles. The molecule has 1 saturated heterocycles. The smallest absolute Gasteiger partial charge is 0.307 e. The van der Waals surface area contributed by atoms with Gasteiger partial charge >= 0.3 is 5.97 Å². The van der Waals surface area contributed by atoms with Crippen molar-refractivity contribution < 1.29 is 15.0 Å². The molecule has 1 aromatic rings. The molecule has 0 aliphatic carbocycles. The van der Waals surface area contributed by atoms with Gasteiger partial charge in [-0.15, -0.1) is 0 Å². The number of hydrogen-bond acceptors (Lipinski definition) is 4. The Morgan fingerprint density at radius 3 is 2.83 bits per heavy atom. The molecule has 5 nitrogen and oxygen atoms in total. The van der Waals surface area contributed by atoms with Crippen molar-refractivity contribution in [1.82, 2.24) is 5.32 Å².